The highest BCUT2D eigenvalue weighted by Crippen LogP contribution is 2.29. The molecule has 9 nitrogen and oxygen atoms in total. The Kier molecular flexibility index (Phi) is 6.04. The largest absolute Gasteiger partial charge is 0.493 e. The summed E-state index contributed by atoms with van der Waals surface area (Å²) in [6.07, 6.45) is 0.144. The van der Waals surface area contributed by atoms with E-state index in [4.69, 9.17) is 9.47 Å². The first kappa shape index (κ1) is 21.3. The van der Waals surface area contributed by atoms with Crippen molar-refractivity contribution in [2.75, 3.05) is 24.9 Å². The van der Waals surface area contributed by atoms with Gasteiger partial charge in [-0.2, -0.15) is 4.98 Å². The van der Waals surface area contributed by atoms with Gasteiger partial charge in [-0.05, 0) is 29.8 Å². The van der Waals surface area contributed by atoms with E-state index in [0.717, 1.165) is 22.5 Å². The molecule has 0 aliphatic carbocycles. The molecule has 0 unspecified atom stereocenters. The van der Waals surface area contributed by atoms with Gasteiger partial charge in [-0.25, -0.2) is 4.52 Å². The standard InChI is InChI=1S/C22H21N5O4S/c1-13(28)23-16-7-5-15(6-8-16)17-12-32-22-25-21(26-27(17)22)24-20(29)11-14-4-9-18(30-2)19(10-14)31-3/h4-10,12H,11H2,1-3H3,(H,23,28)(H,24,26,29). The van der Waals surface area contributed by atoms with Gasteiger partial charge in [0.25, 0.3) is 0 Å². The fourth-order valence-corrected chi connectivity index (χ4v) is 4.04. The zero-order valence-corrected chi connectivity index (χ0v) is 18.5. The van der Waals surface area contributed by atoms with Gasteiger partial charge in [0.2, 0.25) is 22.7 Å². The summed E-state index contributed by atoms with van der Waals surface area (Å²) < 4.78 is 12.2. The maximum atomic E-state index is 12.5. The number of hydrogen-bond acceptors (Lipinski definition) is 7. The second kappa shape index (κ2) is 9.06. The van der Waals surface area contributed by atoms with Gasteiger partial charge < -0.3 is 14.8 Å². The van der Waals surface area contributed by atoms with Crippen molar-refractivity contribution in [2.45, 2.75) is 13.3 Å². The highest BCUT2D eigenvalue weighted by atomic mass is 32.1. The van der Waals surface area contributed by atoms with Crippen LogP contribution < -0.4 is 20.1 Å². The number of ether oxygens (including phenoxy) is 2. The van der Waals surface area contributed by atoms with Crippen LogP contribution in [0.25, 0.3) is 16.2 Å². The lowest BCUT2D eigenvalue weighted by Crippen LogP contribution is -2.15. The normalized spacial score (nSPS) is 10.7. The summed E-state index contributed by atoms with van der Waals surface area (Å²) in [6, 6.07) is 12.8. The minimum atomic E-state index is -0.239. The molecule has 4 rings (SSSR count). The number of thiazole rings is 1. The lowest BCUT2D eigenvalue weighted by molar-refractivity contribution is -0.116. The number of nitrogens with zero attached hydrogens (tertiary/aromatic N) is 3. The third kappa shape index (κ3) is 4.54. The van der Waals surface area contributed by atoms with Crippen molar-refractivity contribution in [3.8, 4) is 22.8 Å². The Morgan fingerprint density at radius 3 is 2.47 bits per heavy atom. The molecule has 0 radical (unpaired) electrons. The fraction of sp³-hybridized carbons (Fsp3) is 0.182. The Morgan fingerprint density at radius 1 is 1.03 bits per heavy atom. The van der Waals surface area contributed by atoms with E-state index in [1.54, 1.807) is 30.9 Å². The van der Waals surface area contributed by atoms with Gasteiger partial charge in [0.05, 0.1) is 26.3 Å². The van der Waals surface area contributed by atoms with E-state index < -0.39 is 0 Å². The molecular formula is C22H21N5O4S. The van der Waals surface area contributed by atoms with E-state index >= 15 is 0 Å². The quantitative estimate of drug-likeness (QED) is 0.445. The van der Waals surface area contributed by atoms with E-state index in [9.17, 15) is 9.59 Å². The van der Waals surface area contributed by atoms with Crippen LogP contribution in [0.4, 0.5) is 11.6 Å². The molecule has 2 amide bonds. The number of aromatic nitrogens is 3. The van der Waals surface area contributed by atoms with Crippen molar-refractivity contribution >= 4 is 39.7 Å². The molecule has 10 heteroatoms. The van der Waals surface area contributed by atoms with Crippen LogP contribution in [-0.2, 0) is 16.0 Å². The molecule has 4 aromatic rings. The smallest absolute Gasteiger partial charge is 0.250 e. The Hall–Kier alpha value is -3.92. The molecule has 2 aromatic carbocycles. The number of benzene rings is 2. The van der Waals surface area contributed by atoms with Crippen LogP contribution in [-0.4, -0.2) is 40.6 Å². The van der Waals surface area contributed by atoms with E-state index in [1.807, 2.05) is 35.7 Å². The topological polar surface area (TPSA) is 107 Å². The minimum Gasteiger partial charge on any atom is -0.493 e. The van der Waals surface area contributed by atoms with Gasteiger partial charge in [0, 0.05) is 23.6 Å². The van der Waals surface area contributed by atoms with Gasteiger partial charge in [-0.1, -0.05) is 18.2 Å². The van der Waals surface area contributed by atoms with Crippen molar-refractivity contribution in [1.29, 1.82) is 0 Å². The van der Waals surface area contributed by atoms with Crippen LogP contribution in [0, 0.1) is 0 Å². The van der Waals surface area contributed by atoms with Gasteiger partial charge >= 0.3 is 0 Å². The summed E-state index contributed by atoms with van der Waals surface area (Å²) in [5, 5.41) is 11.9. The molecule has 0 aliphatic heterocycles. The maximum Gasteiger partial charge on any atom is 0.250 e. The Bertz CT molecular complexity index is 1280. The number of anilines is 2. The molecule has 2 N–H and O–H groups in total. The Morgan fingerprint density at radius 2 is 1.78 bits per heavy atom. The predicted molar refractivity (Wildman–Crippen MR) is 122 cm³/mol. The van der Waals surface area contributed by atoms with E-state index in [1.165, 1.54) is 18.3 Å². The molecule has 0 bridgehead atoms. The van der Waals surface area contributed by atoms with Crippen molar-refractivity contribution in [2.24, 2.45) is 0 Å². The van der Waals surface area contributed by atoms with Crippen LogP contribution in [0.3, 0.4) is 0 Å². The molecule has 0 saturated heterocycles. The first-order valence-corrected chi connectivity index (χ1v) is 10.6. The fourth-order valence-electron chi connectivity index (χ4n) is 3.21. The van der Waals surface area contributed by atoms with Crippen LogP contribution in [0.5, 0.6) is 11.5 Å². The number of carbonyl (C=O) groups excluding carboxylic acids is 2. The van der Waals surface area contributed by atoms with Crippen LogP contribution in [0.15, 0.2) is 47.8 Å². The lowest BCUT2D eigenvalue weighted by Gasteiger charge is -2.09. The zero-order chi connectivity index (χ0) is 22.7. The first-order valence-electron chi connectivity index (χ1n) is 9.70. The molecule has 32 heavy (non-hydrogen) atoms. The zero-order valence-electron chi connectivity index (χ0n) is 17.7. The molecule has 0 aliphatic rings. The number of methoxy groups -OCH3 is 2. The van der Waals surface area contributed by atoms with Crippen molar-refractivity contribution < 1.29 is 19.1 Å². The number of fused-ring (bicyclic) bond motifs is 1. The molecule has 164 valence electrons. The number of carbonyl (C=O) groups is 2. The van der Waals surface area contributed by atoms with Crippen LogP contribution in [0.2, 0.25) is 0 Å². The average molecular weight is 452 g/mol. The molecule has 2 heterocycles. The van der Waals surface area contributed by atoms with Gasteiger partial charge in [-0.3, -0.25) is 14.9 Å². The monoisotopic (exact) mass is 451 g/mol. The van der Waals surface area contributed by atoms with E-state index in [2.05, 4.69) is 20.7 Å². The maximum absolute atomic E-state index is 12.5. The molecular weight excluding hydrogens is 430 g/mol. The van der Waals surface area contributed by atoms with Crippen molar-refractivity contribution in [3.63, 3.8) is 0 Å². The summed E-state index contributed by atoms with van der Waals surface area (Å²) in [6.45, 7) is 1.46. The number of nitrogens with one attached hydrogen (secondary N) is 2. The predicted octanol–water partition coefficient (Wildman–Crippen LogP) is 3.61. The van der Waals surface area contributed by atoms with Gasteiger partial charge in [0.1, 0.15) is 0 Å². The minimum absolute atomic E-state index is 0.125. The van der Waals surface area contributed by atoms with Crippen LogP contribution >= 0.6 is 11.3 Å². The van der Waals surface area contributed by atoms with Crippen molar-refractivity contribution in [1.82, 2.24) is 14.6 Å². The number of amides is 2. The van der Waals surface area contributed by atoms with Gasteiger partial charge in [-0.15, -0.1) is 16.4 Å². The van der Waals surface area contributed by atoms with E-state index in [-0.39, 0.29) is 24.2 Å². The van der Waals surface area contributed by atoms with E-state index in [0.29, 0.717) is 16.5 Å². The Labute approximate surface area is 188 Å². The molecule has 0 saturated carbocycles. The summed E-state index contributed by atoms with van der Waals surface area (Å²) in [7, 11) is 3.11. The Balaban J connectivity index is 1.48. The highest BCUT2D eigenvalue weighted by Gasteiger charge is 2.15. The summed E-state index contributed by atoms with van der Waals surface area (Å²) in [5.74, 6) is 1.04. The summed E-state index contributed by atoms with van der Waals surface area (Å²) >= 11 is 1.42. The first-order chi connectivity index (χ1) is 15.5. The molecule has 0 atom stereocenters. The number of hydrogen-bond donors (Lipinski definition) is 2. The van der Waals surface area contributed by atoms with Gasteiger partial charge in [0.15, 0.2) is 11.5 Å². The molecule has 2 aromatic heterocycles. The lowest BCUT2D eigenvalue weighted by atomic mass is 10.1. The molecule has 0 spiro atoms. The molecule has 0 fully saturated rings. The highest BCUT2D eigenvalue weighted by molar-refractivity contribution is 7.15. The third-order valence-corrected chi connectivity index (χ3v) is 5.46. The third-order valence-electron chi connectivity index (χ3n) is 4.65. The average Bonchev–Trinajstić information content (AvgIpc) is 3.34. The summed E-state index contributed by atoms with van der Waals surface area (Å²) in [4.78, 5) is 28.8. The van der Waals surface area contributed by atoms with Crippen molar-refractivity contribution in [3.05, 3.63) is 53.4 Å². The van der Waals surface area contributed by atoms with Crippen LogP contribution in [0.1, 0.15) is 12.5 Å². The second-order valence-electron chi connectivity index (χ2n) is 6.92. The second-order valence-corrected chi connectivity index (χ2v) is 7.76. The SMILES string of the molecule is COc1ccc(CC(=O)Nc2nc3scc(-c4ccc(NC(C)=O)cc4)n3n2)cc1OC. The number of rotatable bonds is 7. The summed E-state index contributed by atoms with van der Waals surface area (Å²) in [5.41, 5.74) is 3.25.